The van der Waals surface area contributed by atoms with Gasteiger partial charge >= 0.3 is 0 Å². The molecule has 0 N–H and O–H groups in total. The molecule has 2 fully saturated rings. The molecule has 0 saturated heterocycles. The van der Waals surface area contributed by atoms with Crippen molar-refractivity contribution in [2.24, 2.45) is 5.92 Å². The lowest BCUT2D eigenvalue weighted by Gasteiger charge is -2.28. The third-order valence-corrected chi connectivity index (χ3v) is 4.84. The predicted molar refractivity (Wildman–Crippen MR) is 61.1 cm³/mol. The third-order valence-electron chi connectivity index (χ3n) is 3.54. The summed E-state index contributed by atoms with van der Waals surface area (Å²) in [7, 11) is -2.97. The van der Waals surface area contributed by atoms with Crippen LogP contribution in [0, 0.1) is 5.92 Å². The van der Waals surface area contributed by atoms with Crippen LogP contribution >= 0.6 is 0 Å². The van der Waals surface area contributed by atoms with Gasteiger partial charge in [0.05, 0.1) is 6.26 Å². The van der Waals surface area contributed by atoms with Crippen LogP contribution in [0.3, 0.4) is 0 Å². The zero-order valence-electron chi connectivity index (χ0n) is 9.48. The molecule has 0 aliphatic heterocycles. The van der Waals surface area contributed by atoms with E-state index >= 15 is 0 Å². The van der Waals surface area contributed by atoms with Crippen molar-refractivity contribution in [2.45, 2.75) is 51.0 Å². The van der Waals surface area contributed by atoms with Crippen LogP contribution in [0.15, 0.2) is 0 Å². The molecule has 0 spiro atoms. The van der Waals surface area contributed by atoms with Crippen molar-refractivity contribution in [3.05, 3.63) is 0 Å². The second-order valence-electron chi connectivity index (χ2n) is 5.07. The Bertz CT molecular complexity index is 303. The standard InChI is InChI=1S/C11H21NO2S/c1-15(13,14)12(11-7-8-11)9-10-5-3-2-4-6-10/h10-11H,2-9H2,1H3. The summed E-state index contributed by atoms with van der Waals surface area (Å²) in [5.74, 6) is 0.620. The first-order chi connectivity index (χ1) is 7.07. The molecule has 3 nitrogen and oxygen atoms in total. The fourth-order valence-electron chi connectivity index (χ4n) is 2.54. The molecule has 2 aliphatic rings. The van der Waals surface area contributed by atoms with Gasteiger partial charge in [-0.15, -0.1) is 0 Å². The lowest BCUT2D eigenvalue weighted by atomic mass is 9.89. The Hall–Kier alpha value is -0.0900. The first kappa shape index (κ1) is 11.4. The fraction of sp³-hybridized carbons (Fsp3) is 1.00. The van der Waals surface area contributed by atoms with Crippen molar-refractivity contribution in [2.75, 3.05) is 12.8 Å². The molecule has 0 unspecified atom stereocenters. The van der Waals surface area contributed by atoms with Crippen molar-refractivity contribution in [1.29, 1.82) is 0 Å². The molecule has 0 aromatic heterocycles. The van der Waals surface area contributed by atoms with E-state index in [1.54, 1.807) is 4.31 Å². The van der Waals surface area contributed by atoms with Crippen LogP contribution in [0.2, 0.25) is 0 Å². The molecule has 0 heterocycles. The normalized spacial score (nSPS) is 24.7. The van der Waals surface area contributed by atoms with Crippen molar-refractivity contribution in [3.63, 3.8) is 0 Å². The molecule has 0 bridgehead atoms. The van der Waals surface area contributed by atoms with Gasteiger partial charge in [-0.1, -0.05) is 19.3 Å². The molecule has 2 aliphatic carbocycles. The lowest BCUT2D eigenvalue weighted by Crippen LogP contribution is -2.36. The Balaban J connectivity index is 1.94. The van der Waals surface area contributed by atoms with E-state index in [4.69, 9.17) is 0 Å². The van der Waals surface area contributed by atoms with Gasteiger partial charge in [0.25, 0.3) is 0 Å². The number of nitrogens with zero attached hydrogens (tertiary/aromatic N) is 1. The molecule has 2 rings (SSSR count). The van der Waals surface area contributed by atoms with Crippen LogP contribution in [0.4, 0.5) is 0 Å². The smallest absolute Gasteiger partial charge is 0.211 e. The average molecular weight is 231 g/mol. The number of sulfonamides is 1. The Morgan fingerprint density at radius 1 is 1.07 bits per heavy atom. The molecule has 0 radical (unpaired) electrons. The second-order valence-corrected chi connectivity index (χ2v) is 7.00. The van der Waals surface area contributed by atoms with E-state index in [2.05, 4.69) is 0 Å². The lowest BCUT2D eigenvalue weighted by molar-refractivity contribution is 0.275. The van der Waals surface area contributed by atoms with E-state index < -0.39 is 10.0 Å². The first-order valence-corrected chi connectivity index (χ1v) is 7.89. The summed E-state index contributed by atoms with van der Waals surface area (Å²) in [6.07, 6.45) is 9.84. The van der Waals surface area contributed by atoms with Gasteiger partial charge < -0.3 is 0 Å². The largest absolute Gasteiger partial charge is 0.212 e. The SMILES string of the molecule is CS(=O)(=O)N(CC1CCCCC1)C1CC1. The van der Waals surface area contributed by atoms with E-state index in [0.29, 0.717) is 12.0 Å². The highest BCUT2D eigenvalue weighted by atomic mass is 32.2. The summed E-state index contributed by atoms with van der Waals surface area (Å²) in [5.41, 5.74) is 0. The van der Waals surface area contributed by atoms with E-state index in [1.807, 2.05) is 0 Å². The maximum absolute atomic E-state index is 11.6. The molecular formula is C11H21NO2S. The maximum atomic E-state index is 11.6. The quantitative estimate of drug-likeness (QED) is 0.742. The molecule has 15 heavy (non-hydrogen) atoms. The van der Waals surface area contributed by atoms with Gasteiger partial charge in [-0.3, -0.25) is 0 Å². The van der Waals surface area contributed by atoms with Crippen molar-refractivity contribution in [1.82, 2.24) is 4.31 Å². The zero-order chi connectivity index (χ0) is 10.9. The number of rotatable bonds is 4. The van der Waals surface area contributed by atoms with Gasteiger partial charge in [0.1, 0.15) is 0 Å². The fourth-order valence-corrected chi connectivity index (χ4v) is 3.78. The van der Waals surface area contributed by atoms with E-state index in [1.165, 1.54) is 38.4 Å². The van der Waals surface area contributed by atoms with Gasteiger partial charge in [-0.05, 0) is 31.6 Å². The van der Waals surface area contributed by atoms with E-state index in [-0.39, 0.29) is 0 Å². The number of hydrogen-bond acceptors (Lipinski definition) is 2. The van der Waals surface area contributed by atoms with E-state index in [0.717, 1.165) is 19.4 Å². The molecule has 0 aromatic rings. The summed E-state index contributed by atoms with van der Waals surface area (Å²) < 4.78 is 25.0. The summed E-state index contributed by atoms with van der Waals surface area (Å²) in [4.78, 5) is 0. The molecular weight excluding hydrogens is 210 g/mol. The molecule has 0 atom stereocenters. The highest BCUT2D eigenvalue weighted by molar-refractivity contribution is 7.88. The van der Waals surface area contributed by atoms with Crippen LogP contribution in [-0.4, -0.2) is 31.6 Å². The average Bonchev–Trinajstić information content (AvgIpc) is 2.97. The van der Waals surface area contributed by atoms with Gasteiger partial charge in [0, 0.05) is 12.6 Å². The topological polar surface area (TPSA) is 37.4 Å². The van der Waals surface area contributed by atoms with Crippen LogP contribution in [0.5, 0.6) is 0 Å². The van der Waals surface area contributed by atoms with Gasteiger partial charge in [-0.2, -0.15) is 4.31 Å². The first-order valence-electron chi connectivity index (χ1n) is 6.04. The van der Waals surface area contributed by atoms with Crippen molar-refractivity contribution in [3.8, 4) is 0 Å². The Morgan fingerprint density at radius 2 is 1.67 bits per heavy atom. The molecule has 88 valence electrons. The number of hydrogen-bond donors (Lipinski definition) is 0. The van der Waals surface area contributed by atoms with Crippen LogP contribution in [0.1, 0.15) is 44.9 Å². The Kier molecular flexibility index (Phi) is 3.36. The summed E-state index contributed by atoms with van der Waals surface area (Å²) in [6.45, 7) is 0.781. The molecule has 0 amide bonds. The zero-order valence-corrected chi connectivity index (χ0v) is 10.3. The highest BCUT2D eigenvalue weighted by Crippen LogP contribution is 2.32. The minimum atomic E-state index is -2.97. The van der Waals surface area contributed by atoms with Gasteiger partial charge in [-0.25, -0.2) is 8.42 Å². The second kappa shape index (κ2) is 4.42. The predicted octanol–water partition coefficient (Wildman–Crippen LogP) is 1.99. The monoisotopic (exact) mass is 231 g/mol. The van der Waals surface area contributed by atoms with Crippen LogP contribution < -0.4 is 0 Å². The highest BCUT2D eigenvalue weighted by Gasteiger charge is 2.36. The van der Waals surface area contributed by atoms with Gasteiger partial charge in [0.2, 0.25) is 10.0 Å². The van der Waals surface area contributed by atoms with Crippen molar-refractivity contribution >= 4 is 10.0 Å². The maximum Gasteiger partial charge on any atom is 0.211 e. The Labute approximate surface area is 92.9 Å². The molecule has 0 aromatic carbocycles. The van der Waals surface area contributed by atoms with Gasteiger partial charge in [0.15, 0.2) is 0 Å². The van der Waals surface area contributed by atoms with Crippen LogP contribution in [0.25, 0.3) is 0 Å². The Morgan fingerprint density at radius 3 is 2.13 bits per heavy atom. The minimum absolute atomic E-state index is 0.335. The molecule has 2 saturated carbocycles. The minimum Gasteiger partial charge on any atom is -0.212 e. The van der Waals surface area contributed by atoms with Crippen molar-refractivity contribution < 1.29 is 8.42 Å². The summed E-state index contributed by atoms with van der Waals surface area (Å²) >= 11 is 0. The van der Waals surface area contributed by atoms with Crippen LogP contribution in [-0.2, 0) is 10.0 Å². The molecule has 4 heteroatoms. The summed E-state index contributed by atoms with van der Waals surface area (Å²) in [5, 5.41) is 0. The van der Waals surface area contributed by atoms with E-state index in [9.17, 15) is 8.42 Å². The third kappa shape index (κ3) is 3.18. The summed E-state index contributed by atoms with van der Waals surface area (Å²) in [6, 6.07) is 0.335.